The predicted molar refractivity (Wildman–Crippen MR) is 124 cm³/mol. The summed E-state index contributed by atoms with van der Waals surface area (Å²) in [5.74, 6) is 2.33. The van der Waals surface area contributed by atoms with Crippen LogP contribution < -0.4 is 10.1 Å². The topological polar surface area (TPSA) is 56.1 Å². The van der Waals surface area contributed by atoms with E-state index in [1.165, 1.54) is 30.4 Å². The molecule has 3 aromatic rings. The van der Waals surface area contributed by atoms with Crippen LogP contribution in [0.3, 0.4) is 0 Å². The number of hydrogen-bond donors (Lipinski definition) is 1. The van der Waals surface area contributed by atoms with Crippen LogP contribution >= 0.6 is 0 Å². The molecule has 0 atom stereocenters. The number of nitrogens with one attached hydrogen (secondary N) is 1. The maximum absolute atomic E-state index is 12.5. The van der Waals surface area contributed by atoms with Crippen molar-refractivity contribution in [3.05, 3.63) is 59.4 Å². The maximum atomic E-state index is 12.5. The van der Waals surface area contributed by atoms with Crippen molar-refractivity contribution < 1.29 is 9.53 Å². The van der Waals surface area contributed by atoms with Gasteiger partial charge in [0.15, 0.2) is 0 Å². The van der Waals surface area contributed by atoms with E-state index in [-0.39, 0.29) is 11.8 Å². The summed E-state index contributed by atoms with van der Waals surface area (Å²) < 4.78 is 8.33. The van der Waals surface area contributed by atoms with Gasteiger partial charge < -0.3 is 14.6 Å². The quantitative estimate of drug-likeness (QED) is 0.561. The van der Waals surface area contributed by atoms with E-state index < -0.39 is 0 Å². The van der Waals surface area contributed by atoms with Crippen LogP contribution in [0.2, 0.25) is 0 Å². The molecule has 5 nitrogen and oxygen atoms in total. The van der Waals surface area contributed by atoms with Gasteiger partial charge in [-0.3, -0.25) is 4.79 Å². The van der Waals surface area contributed by atoms with Gasteiger partial charge in [-0.05, 0) is 56.0 Å². The van der Waals surface area contributed by atoms with Crippen LogP contribution in [0, 0.1) is 19.8 Å². The monoisotopic (exact) mass is 419 g/mol. The Bertz CT molecular complexity index is 1030. The normalized spacial score (nSPS) is 14.6. The fraction of sp³-hybridized carbons (Fsp3) is 0.462. The van der Waals surface area contributed by atoms with Crippen molar-refractivity contribution in [3.8, 4) is 5.75 Å². The Morgan fingerprint density at radius 1 is 1.10 bits per heavy atom. The van der Waals surface area contributed by atoms with Gasteiger partial charge in [0.1, 0.15) is 18.2 Å². The molecule has 1 N–H and O–H groups in total. The Balaban J connectivity index is 1.40. The molecule has 1 heterocycles. The predicted octanol–water partition coefficient (Wildman–Crippen LogP) is 4.97. The summed E-state index contributed by atoms with van der Waals surface area (Å²) in [6.07, 6.45) is 6.39. The van der Waals surface area contributed by atoms with Crippen molar-refractivity contribution in [2.24, 2.45) is 5.92 Å². The third-order valence-corrected chi connectivity index (χ3v) is 6.48. The van der Waals surface area contributed by atoms with E-state index in [0.717, 1.165) is 48.4 Å². The lowest BCUT2D eigenvalue weighted by atomic mass is 9.89. The lowest BCUT2D eigenvalue weighted by Crippen LogP contribution is -2.33. The van der Waals surface area contributed by atoms with E-state index in [1.807, 2.05) is 30.3 Å². The van der Waals surface area contributed by atoms with Crippen molar-refractivity contribution in [2.45, 2.75) is 58.9 Å². The number of amides is 1. The zero-order valence-electron chi connectivity index (χ0n) is 18.7. The summed E-state index contributed by atoms with van der Waals surface area (Å²) in [5.41, 5.74) is 4.52. The summed E-state index contributed by atoms with van der Waals surface area (Å²) in [6.45, 7) is 6.12. The summed E-state index contributed by atoms with van der Waals surface area (Å²) in [6, 6.07) is 14.4. The third-order valence-electron chi connectivity index (χ3n) is 6.48. The fourth-order valence-corrected chi connectivity index (χ4v) is 4.50. The average molecular weight is 420 g/mol. The highest BCUT2D eigenvalue weighted by Gasteiger charge is 2.20. The molecule has 1 fully saturated rings. The van der Waals surface area contributed by atoms with Gasteiger partial charge in [0.25, 0.3) is 0 Å². The molecule has 1 aromatic heterocycles. The van der Waals surface area contributed by atoms with Gasteiger partial charge in [0.2, 0.25) is 5.91 Å². The summed E-state index contributed by atoms with van der Waals surface area (Å²) >= 11 is 0. The molecule has 0 spiro atoms. The van der Waals surface area contributed by atoms with Gasteiger partial charge in [-0.25, -0.2) is 4.98 Å². The number of imidazole rings is 1. The van der Waals surface area contributed by atoms with Crippen molar-refractivity contribution in [1.29, 1.82) is 0 Å². The third kappa shape index (κ3) is 5.09. The summed E-state index contributed by atoms with van der Waals surface area (Å²) in [7, 11) is 0. The highest BCUT2D eigenvalue weighted by atomic mass is 16.5. The van der Waals surface area contributed by atoms with Gasteiger partial charge >= 0.3 is 0 Å². The number of para-hydroxylation sites is 2. The van der Waals surface area contributed by atoms with Gasteiger partial charge in [-0.15, -0.1) is 0 Å². The molecule has 0 unspecified atom stereocenters. The lowest BCUT2D eigenvalue weighted by Gasteiger charge is -2.20. The Hall–Kier alpha value is -2.82. The number of aromatic nitrogens is 2. The second-order valence-electron chi connectivity index (χ2n) is 8.59. The molecule has 0 saturated heterocycles. The highest BCUT2D eigenvalue weighted by Crippen LogP contribution is 2.24. The van der Waals surface area contributed by atoms with Gasteiger partial charge in [0, 0.05) is 18.9 Å². The molecule has 31 heavy (non-hydrogen) atoms. The van der Waals surface area contributed by atoms with Crippen molar-refractivity contribution >= 4 is 16.9 Å². The Kier molecular flexibility index (Phi) is 6.90. The van der Waals surface area contributed by atoms with E-state index >= 15 is 0 Å². The van der Waals surface area contributed by atoms with E-state index in [9.17, 15) is 4.79 Å². The SMILES string of the molecule is Cc1cccc(OCCn2c(CCNC(=O)C3CCCCC3)nc3ccccc32)c1C. The largest absolute Gasteiger partial charge is 0.491 e. The molecule has 4 rings (SSSR count). The van der Waals surface area contributed by atoms with Crippen LogP contribution in [0.1, 0.15) is 49.1 Å². The molecular formula is C26H33N3O2. The van der Waals surface area contributed by atoms with Crippen LogP contribution in [0.4, 0.5) is 0 Å². The second kappa shape index (κ2) is 9.99. The van der Waals surface area contributed by atoms with Crippen LogP contribution in [0.15, 0.2) is 42.5 Å². The van der Waals surface area contributed by atoms with Gasteiger partial charge in [-0.2, -0.15) is 0 Å². The molecule has 1 aliphatic carbocycles. The van der Waals surface area contributed by atoms with Crippen LogP contribution in [0.25, 0.3) is 11.0 Å². The Morgan fingerprint density at radius 3 is 2.74 bits per heavy atom. The molecular weight excluding hydrogens is 386 g/mol. The number of fused-ring (bicyclic) bond motifs is 1. The minimum Gasteiger partial charge on any atom is -0.491 e. The number of benzene rings is 2. The van der Waals surface area contributed by atoms with E-state index in [0.29, 0.717) is 13.2 Å². The first-order chi connectivity index (χ1) is 15.1. The molecule has 5 heteroatoms. The first-order valence-corrected chi connectivity index (χ1v) is 11.5. The zero-order valence-corrected chi connectivity index (χ0v) is 18.7. The Morgan fingerprint density at radius 2 is 1.90 bits per heavy atom. The average Bonchev–Trinajstić information content (AvgIpc) is 3.14. The van der Waals surface area contributed by atoms with Gasteiger partial charge in [-0.1, -0.05) is 43.5 Å². The molecule has 0 bridgehead atoms. The standard InChI is InChI=1S/C26H33N3O2/c1-19-9-8-14-24(20(19)2)31-18-17-29-23-13-7-6-12-22(23)28-25(29)15-16-27-26(30)21-10-4-3-5-11-21/h6-9,12-14,21H,3-5,10-11,15-18H2,1-2H3,(H,27,30). The number of nitrogens with zero attached hydrogens (tertiary/aromatic N) is 2. The number of carbonyl (C=O) groups excluding carboxylic acids is 1. The maximum Gasteiger partial charge on any atom is 0.223 e. The number of aryl methyl sites for hydroxylation is 1. The smallest absolute Gasteiger partial charge is 0.223 e. The zero-order chi connectivity index (χ0) is 21.6. The number of ether oxygens (including phenoxy) is 1. The molecule has 2 aromatic carbocycles. The molecule has 1 aliphatic rings. The molecule has 1 saturated carbocycles. The minimum atomic E-state index is 0.193. The number of hydrogen-bond acceptors (Lipinski definition) is 3. The molecule has 0 aliphatic heterocycles. The molecule has 1 amide bonds. The van der Waals surface area contributed by atoms with Crippen LogP contribution in [-0.2, 0) is 17.8 Å². The van der Waals surface area contributed by atoms with E-state index in [1.54, 1.807) is 0 Å². The number of carbonyl (C=O) groups is 1. The van der Waals surface area contributed by atoms with Crippen molar-refractivity contribution in [1.82, 2.24) is 14.9 Å². The Labute approximate surface area is 184 Å². The minimum absolute atomic E-state index is 0.193. The first kappa shape index (κ1) is 21.4. The van der Waals surface area contributed by atoms with Gasteiger partial charge in [0.05, 0.1) is 17.6 Å². The van der Waals surface area contributed by atoms with Crippen molar-refractivity contribution in [2.75, 3.05) is 13.2 Å². The summed E-state index contributed by atoms with van der Waals surface area (Å²) in [5, 5.41) is 3.14. The van der Waals surface area contributed by atoms with Crippen LogP contribution in [-0.4, -0.2) is 28.6 Å². The fourth-order valence-electron chi connectivity index (χ4n) is 4.50. The van der Waals surface area contributed by atoms with Crippen molar-refractivity contribution in [3.63, 3.8) is 0 Å². The first-order valence-electron chi connectivity index (χ1n) is 11.5. The second-order valence-corrected chi connectivity index (χ2v) is 8.59. The van der Waals surface area contributed by atoms with E-state index in [4.69, 9.17) is 9.72 Å². The highest BCUT2D eigenvalue weighted by molar-refractivity contribution is 5.78. The summed E-state index contributed by atoms with van der Waals surface area (Å²) in [4.78, 5) is 17.3. The number of rotatable bonds is 8. The lowest BCUT2D eigenvalue weighted by molar-refractivity contribution is -0.125. The molecule has 0 radical (unpaired) electrons. The van der Waals surface area contributed by atoms with Crippen LogP contribution in [0.5, 0.6) is 5.75 Å². The molecule has 164 valence electrons. The van der Waals surface area contributed by atoms with E-state index in [2.05, 4.69) is 35.9 Å².